The first-order chi connectivity index (χ1) is 8.56. The molecule has 2 rings (SSSR count). The van der Waals surface area contributed by atoms with Gasteiger partial charge in [0.2, 0.25) is 0 Å². The van der Waals surface area contributed by atoms with Gasteiger partial charge < -0.3 is 4.98 Å². The average molecular weight is 315 g/mol. The lowest BCUT2D eigenvalue weighted by atomic mass is 10.2. The van der Waals surface area contributed by atoms with Gasteiger partial charge in [0.1, 0.15) is 0 Å². The maximum absolute atomic E-state index is 12.1. The first kappa shape index (κ1) is 13.1. The number of hydrogen-bond donors (Lipinski definition) is 1. The van der Waals surface area contributed by atoms with E-state index in [1.807, 2.05) is 0 Å². The molecule has 0 aromatic carbocycles. The molecule has 0 aliphatic carbocycles. The number of aromatic amines is 1. The van der Waals surface area contributed by atoms with Crippen LogP contribution in [0.2, 0.25) is 0 Å². The van der Waals surface area contributed by atoms with Gasteiger partial charge in [0.05, 0.1) is 0 Å². The summed E-state index contributed by atoms with van der Waals surface area (Å²) in [4.78, 5) is 31.0. The highest BCUT2D eigenvalue weighted by atomic mass is 79.9. The topological polar surface area (TPSA) is 72.7 Å². The van der Waals surface area contributed by atoms with E-state index in [-0.39, 0.29) is 11.2 Å². The summed E-state index contributed by atoms with van der Waals surface area (Å²) in [5, 5.41) is 0. The zero-order chi connectivity index (χ0) is 13.3. The Balaban J connectivity index is 2.63. The predicted octanol–water partition coefficient (Wildman–Crippen LogP) is 1.38. The molecule has 0 unspecified atom stereocenters. The van der Waals surface area contributed by atoms with Crippen LogP contribution >= 0.6 is 15.9 Å². The predicted molar refractivity (Wildman–Crippen MR) is 72.8 cm³/mol. The van der Waals surface area contributed by atoms with Crippen LogP contribution in [0.15, 0.2) is 14.3 Å². The van der Waals surface area contributed by atoms with Crippen molar-refractivity contribution in [2.45, 2.75) is 32.7 Å². The lowest BCUT2D eigenvalue weighted by Crippen LogP contribution is -2.38. The fraction of sp³-hybridized carbons (Fsp3) is 0.545. The number of rotatable bonds is 4. The van der Waals surface area contributed by atoms with Crippen LogP contribution in [0.1, 0.15) is 26.2 Å². The first-order valence-electron chi connectivity index (χ1n) is 5.91. The van der Waals surface area contributed by atoms with Crippen molar-refractivity contribution in [3.8, 4) is 0 Å². The van der Waals surface area contributed by atoms with Crippen LogP contribution in [0.5, 0.6) is 0 Å². The Morgan fingerprint density at radius 2 is 2.06 bits per heavy atom. The van der Waals surface area contributed by atoms with Crippen LogP contribution in [0.4, 0.5) is 0 Å². The Morgan fingerprint density at radius 3 is 2.72 bits per heavy atom. The zero-order valence-electron chi connectivity index (χ0n) is 10.4. The van der Waals surface area contributed by atoms with Gasteiger partial charge in [0.25, 0.3) is 5.56 Å². The van der Waals surface area contributed by atoms with Crippen LogP contribution in [-0.2, 0) is 13.6 Å². The van der Waals surface area contributed by atoms with Gasteiger partial charge in [-0.15, -0.1) is 0 Å². The Kier molecular flexibility index (Phi) is 3.70. The lowest BCUT2D eigenvalue weighted by molar-refractivity contribution is 0.566. The highest BCUT2D eigenvalue weighted by Gasteiger charge is 2.14. The molecule has 0 atom stereocenters. The molecule has 7 heteroatoms. The standard InChI is InChI=1S/C11H15BrN4O2/c1-3-4-5-6-16-8-7(13-10(12)14-8)9(17)15(2)11(16)18/h3-6H2,1-2H3,(H,13,14). The summed E-state index contributed by atoms with van der Waals surface area (Å²) in [6, 6.07) is 0. The third kappa shape index (κ3) is 2.14. The van der Waals surface area contributed by atoms with Crippen molar-refractivity contribution in [1.29, 1.82) is 0 Å². The van der Waals surface area contributed by atoms with Crippen molar-refractivity contribution in [3.63, 3.8) is 0 Å². The van der Waals surface area contributed by atoms with Crippen molar-refractivity contribution >= 4 is 27.1 Å². The summed E-state index contributed by atoms with van der Waals surface area (Å²) in [6.07, 6.45) is 3.02. The van der Waals surface area contributed by atoms with Crippen LogP contribution in [0.3, 0.4) is 0 Å². The van der Waals surface area contributed by atoms with E-state index in [2.05, 4.69) is 32.8 Å². The molecule has 0 amide bonds. The normalized spacial score (nSPS) is 11.3. The Hall–Kier alpha value is -1.37. The summed E-state index contributed by atoms with van der Waals surface area (Å²) in [5.74, 6) is 0. The number of H-pyrrole nitrogens is 1. The van der Waals surface area contributed by atoms with Crippen LogP contribution in [0, 0.1) is 0 Å². The smallest absolute Gasteiger partial charge is 0.327 e. The molecule has 0 fully saturated rings. The minimum absolute atomic E-state index is 0.317. The second kappa shape index (κ2) is 5.09. The molecule has 0 saturated heterocycles. The van der Waals surface area contributed by atoms with Gasteiger partial charge in [-0.3, -0.25) is 13.9 Å². The highest BCUT2D eigenvalue weighted by Crippen LogP contribution is 2.10. The van der Waals surface area contributed by atoms with E-state index in [9.17, 15) is 9.59 Å². The molecule has 0 aliphatic heterocycles. The number of nitrogens with one attached hydrogen (secondary N) is 1. The Labute approximate surface area is 112 Å². The molecule has 6 nitrogen and oxygen atoms in total. The molecule has 2 heterocycles. The van der Waals surface area contributed by atoms with Crippen molar-refractivity contribution in [3.05, 3.63) is 25.6 Å². The number of unbranched alkanes of at least 4 members (excludes halogenated alkanes) is 2. The van der Waals surface area contributed by atoms with E-state index >= 15 is 0 Å². The third-order valence-corrected chi connectivity index (χ3v) is 3.31. The van der Waals surface area contributed by atoms with Gasteiger partial charge in [-0.05, 0) is 22.4 Å². The fourth-order valence-electron chi connectivity index (χ4n) is 1.93. The lowest BCUT2D eigenvalue weighted by Gasteiger charge is -2.07. The maximum atomic E-state index is 12.1. The van der Waals surface area contributed by atoms with Gasteiger partial charge in [-0.2, -0.15) is 0 Å². The fourth-order valence-corrected chi connectivity index (χ4v) is 2.29. The molecule has 0 spiro atoms. The average Bonchev–Trinajstić information content (AvgIpc) is 2.73. The Bertz CT molecular complexity index is 683. The number of aromatic nitrogens is 4. The van der Waals surface area contributed by atoms with Gasteiger partial charge >= 0.3 is 5.69 Å². The molecule has 0 aliphatic rings. The summed E-state index contributed by atoms with van der Waals surface area (Å²) in [5.41, 5.74) is 0.120. The summed E-state index contributed by atoms with van der Waals surface area (Å²) in [6.45, 7) is 2.68. The maximum Gasteiger partial charge on any atom is 0.332 e. The minimum atomic E-state index is -0.347. The molecule has 0 saturated carbocycles. The molecule has 0 radical (unpaired) electrons. The van der Waals surface area contributed by atoms with E-state index in [0.29, 0.717) is 22.4 Å². The largest absolute Gasteiger partial charge is 0.332 e. The molecular formula is C11H15BrN4O2. The van der Waals surface area contributed by atoms with Gasteiger partial charge in [-0.25, -0.2) is 9.78 Å². The van der Waals surface area contributed by atoms with Crippen molar-refractivity contribution < 1.29 is 0 Å². The number of fused-ring (bicyclic) bond motifs is 1. The second-order valence-electron chi connectivity index (χ2n) is 4.23. The molecule has 2 aromatic heterocycles. The highest BCUT2D eigenvalue weighted by molar-refractivity contribution is 9.10. The van der Waals surface area contributed by atoms with E-state index in [4.69, 9.17) is 0 Å². The van der Waals surface area contributed by atoms with Gasteiger partial charge in [0.15, 0.2) is 15.9 Å². The number of imidazole rings is 1. The van der Waals surface area contributed by atoms with Crippen LogP contribution < -0.4 is 11.2 Å². The van der Waals surface area contributed by atoms with Crippen molar-refractivity contribution in [2.75, 3.05) is 0 Å². The molecule has 2 aromatic rings. The van der Waals surface area contributed by atoms with E-state index < -0.39 is 0 Å². The second-order valence-corrected chi connectivity index (χ2v) is 4.98. The van der Waals surface area contributed by atoms with Crippen molar-refractivity contribution in [2.24, 2.45) is 7.05 Å². The number of halogens is 1. The van der Waals surface area contributed by atoms with E-state index in [1.54, 1.807) is 4.57 Å². The van der Waals surface area contributed by atoms with Crippen molar-refractivity contribution in [1.82, 2.24) is 19.1 Å². The summed E-state index contributed by atoms with van der Waals surface area (Å²) < 4.78 is 3.12. The van der Waals surface area contributed by atoms with Crippen LogP contribution in [-0.4, -0.2) is 19.1 Å². The van der Waals surface area contributed by atoms with E-state index in [0.717, 1.165) is 23.8 Å². The van der Waals surface area contributed by atoms with E-state index in [1.165, 1.54) is 7.05 Å². The molecular weight excluding hydrogens is 300 g/mol. The van der Waals surface area contributed by atoms with Crippen LogP contribution in [0.25, 0.3) is 11.2 Å². The molecule has 0 bridgehead atoms. The van der Waals surface area contributed by atoms with Gasteiger partial charge in [-0.1, -0.05) is 19.8 Å². The molecule has 98 valence electrons. The SMILES string of the molecule is CCCCCn1c(=O)n(C)c(=O)c2[nH]c(Br)nc21. The monoisotopic (exact) mass is 314 g/mol. The quantitative estimate of drug-likeness (QED) is 0.684. The molecule has 1 N–H and O–H groups in total. The molecule has 18 heavy (non-hydrogen) atoms. The summed E-state index contributed by atoms with van der Waals surface area (Å²) in [7, 11) is 1.48. The third-order valence-electron chi connectivity index (χ3n) is 2.93. The Morgan fingerprint density at radius 1 is 1.33 bits per heavy atom. The number of hydrogen-bond acceptors (Lipinski definition) is 3. The number of nitrogens with zero attached hydrogens (tertiary/aromatic N) is 3. The minimum Gasteiger partial charge on any atom is -0.327 e. The first-order valence-corrected chi connectivity index (χ1v) is 6.70. The van der Waals surface area contributed by atoms with Gasteiger partial charge in [0, 0.05) is 13.6 Å². The zero-order valence-corrected chi connectivity index (χ0v) is 12.0. The summed E-state index contributed by atoms with van der Waals surface area (Å²) >= 11 is 3.19. The number of aryl methyl sites for hydroxylation is 1.